The van der Waals surface area contributed by atoms with Gasteiger partial charge in [-0.3, -0.25) is 4.72 Å². The molecule has 9 heteroatoms. The number of aryl methyl sites for hydroxylation is 1. The highest BCUT2D eigenvalue weighted by atomic mass is 35.5. The summed E-state index contributed by atoms with van der Waals surface area (Å²) in [7, 11) is -2.41. The minimum atomic E-state index is -3.91. The number of hydrogen-bond donors (Lipinski definition) is 1. The van der Waals surface area contributed by atoms with E-state index < -0.39 is 16.0 Å². The lowest BCUT2D eigenvalue weighted by atomic mass is 10.1. The molecule has 1 heterocycles. The van der Waals surface area contributed by atoms with Crippen molar-refractivity contribution in [3.05, 3.63) is 82.5 Å². The van der Waals surface area contributed by atoms with Gasteiger partial charge in [-0.15, -0.1) is 0 Å². The van der Waals surface area contributed by atoms with E-state index >= 15 is 0 Å². The van der Waals surface area contributed by atoms with E-state index in [1.807, 2.05) is 42.7 Å². The van der Waals surface area contributed by atoms with Crippen molar-refractivity contribution in [2.45, 2.75) is 25.7 Å². The number of hydrogen-bond acceptors (Lipinski definition) is 5. The first-order chi connectivity index (χ1) is 16.7. The van der Waals surface area contributed by atoms with E-state index in [-0.39, 0.29) is 22.2 Å². The monoisotopic (exact) mass is 512 g/mol. The van der Waals surface area contributed by atoms with Gasteiger partial charge in [0, 0.05) is 16.8 Å². The quantitative estimate of drug-likeness (QED) is 0.312. The molecule has 0 saturated heterocycles. The van der Waals surface area contributed by atoms with Gasteiger partial charge < -0.3 is 14.0 Å². The van der Waals surface area contributed by atoms with Crippen LogP contribution in [0.25, 0.3) is 16.6 Å². The lowest BCUT2D eigenvalue weighted by Crippen LogP contribution is -2.13. The van der Waals surface area contributed by atoms with Crippen LogP contribution in [0.5, 0.6) is 5.75 Å². The summed E-state index contributed by atoms with van der Waals surface area (Å²) >= 11 is 6.71. The number of anilines is 1. The van der Waals surface area contributed by atoms with Gasteiger partial charge in [0.1, 0.15) is 5.75 Å². The number of fused-ring (bicyclic) bond motifs is 1. The summed E-state index contributed by atoms with van der Waals surface area (Å²) in [5, 5.41) is 0.774. The van der Waals surface area contributed by atoms with E-state index in [2.05, 4.69) is 4.72 Å². The van der Waals surface area contributed by atoms with Crippen LogP contribution in [0.1, 0.15) is 28.5 Å². The van der Waals surface area contributed by atoms with Crippen LogP contribution in [0, 0.1) is 13.8 Å². The number of esters is 1. The molecule has 0 spiro atoms. The SMILES string of the molecule is CCOC(=O)c1c(C)n(-c2ccc(C)cc2)c2c(Cl)cc(NS(=O)(=O)c3ccc(OC)cc3)cc12. The summed E-state index contributed by atoms with van der Waals surface area (Å²) < 4.78 is 40.9. The molecule has 0 aliphatic rings. The molecule has 7 nitrogen and oxygen atoms in total. The molecule has 0 aliphatic carbocycles. The summed E-state index contributed by atoms with van der Waals surface area (Å²) in [6.45, 7) is 5.73. The topological polar surface area (TPSA) is 86.6 Å². The minimum Gasteiger partial charge on any atom is -0.497 e. The van der Waals surface area contributed by atoms with Crippen LogP contribution in [-0.4, -0.2) is 32.7 Å². The summed E-state index contributed by atoms with van der Waals surface area (Å²) in [5.41, 5.74) is 3.69. The Balaban J connectivity index is 1.88. The zero-order valence-corrected chi connectivity index (χ0v) is 21.3. The molecule has 0 fully saturated rings. The molecule has 0 aliphatic heterocycles. The Kier molecular flexibility index (Phi) is 6.78. The predicted octanol–water partition coefficient (Wildman–Crippen LogP) is 5.89. The first kappa shape index (κ1) is 24.6. The Morgan fingerprint density at radius 2 is 1.69 bits per heavy atom. The fraction of sp³-hybridized carbons (Fsp3) is 0.192. The first-order valence-corrected chi connectivity index (χ1v) is 12.8. The number of nitrogens with one attached hydrogen (secondary N) is 1. The molecule has 0 atom stereocenters. The largest absolute Gasteiger partial charge is 0.497 e. The third kappa shape index (κ3) is 4.72. The molecule has 1 aromatic heterocycles. The predicted molar refractivity (Wildman–Crippen MR) is 138 cm³/mol. The van der Waals surface area contributed by atoms with Gasteiger partial charge in [-0.25, -0.2) is 13.2 Å². The van der Waals surface area contributed by atoms with Gasteiger partial charge in [0.25, 0.3) is 10.0 Å². The number of aromatic nitrogens is 1. The van der Waals surface area contributed by atoms with Crippen molar-refractivity contribution < 1.29 is 22.7 Å². The molecule has 182 valence electrons. The molecule has 0 radical (unpaired) electrons. The fourth-order valence-electron chi connectivity index (χ4n) is 4.00. The van der Waals surface area contributed by atoms with Crippen molar-refractivity contribution in [1.29, 1.82) is 0 Å². The maximum atomic E-state index is 13.0. The standard InChI is InChI=1S/C26H25ClN2O5S/c1-5-34-26(30)24-17(3)29(19-8-6-16(2)7-9-19)25-22(24)14-18(15-23(25)27)28-35(31,32)21-12-10-20(33-4)11-13-21/h6-15,28H,5H2,1-4H3. The molecule has 0 unspecified atom stereocenters. The van der Waals surface area contributed by atoms with Crippen LogP contribution >= 0.6 is 11.6 Å². The molecule has 0 bridgehead atoms. The lowest BCUT2D eigenvalue weighted by Gasteiger charge is -2.12. The highest BCUT2D eigenvalue weighted by Gasteiger charge is 2.25. The van der Waals surface area contributed by atoms with Crippen molar-refractivity contribution >= 4 is 44.2 Å². The smallest absolute Gasteiger partial charge is 0.340 e. The Bertz CT molecular complexity index is 1510. The number of halogens is 1. The second kappa shape index (κ2) is 9.64. The van der Waals surface area contributed by atoms with Gasteiger partial charge in [0.2, 0.25) is 0 Å². The Hall–Kier alpha value is -3.49. The van der Waals surface area contributed by atoms with Gasteiger partial charge in [-0.1, -0.05) is 29.3 Å². The maximum absolute atomic E-state index is 13.0. The Morgan fingerprint density at radius 1 is 1.03 bits per heavy atom. The van der Waals surface area contributed by atoms with Crippen molar-refractivity contribution in [2.75, 3.05) is 18.4 Å². The van der Waals surface area contributed by atoms with E-state index in [0.29, 0.717) is 27.9 Å². The molecule has 3 aromatic carbocycles. The molecular weight excluding hydrogens is 488 g/mol. The van der Waals surface area contributed by atoms with E-state index in [4.69, 9.17) is 21.1 Å². The van der Waals surface area contributed by atoms with E-state index in [1.54, 1.807) is 25.1 Å². The number of nitrogens with zero attached hydrogens (tertiary/aromatic N) is 1. The average molecular weight is 513 g/mol. The van der Waals surface area contributed by atoms with Crippen molar-refractivity contribution in [2.24, 2.45) is 0 Å². The molecule has 0 saturated carbocycles. The number of benzene rings is 3. The molecular formula is C26H25ClN2O5S. The summed E-state index contributed by atoms with van der Waals surface area (Å²) in [6, 6.07) is 17.0. The second-order valence-electron chi connectivity index (χ2n) is 7.99. The molecule has 1 N–H and O–H groups in total. The minimum absolute atomic E-state index is 0.0635. The molecule has 4 aromatic rings. The number of carbonyl (C=O) groups is 1. The molecule has 0 amide bonds. The van der Waals surface area contributed by atoms with Crippen LogP contribution in [0.3, 0.4) is 0 Å². The number of carbonyl (C=O) groups excluding carboxylic acids is 1. The summed E-state index contributed by atoms with van der Waals surface area (Å²) in [4.78, 5) is 13.0. The Labute approximate surface area is 209 Å². The maximum Gasteiger partial charge on any atom is 0.340 e. The van der Waals surface area contributed by atoms with E-state index in [9.17, 15) is 13.2 Å². The second-order valence-corrected chi connectivity index (χ2v) is 10.1. The first-order valence-electron chi connectivity index (χ1n) is 10.9. The zero-order valence-electron chi connectivity index (χ0n) is 19.8. The lowest BCUT2D eigenvalue weighted by molar-refractivity contribution is 0.0527. The van der Waals surface area contributed by atoms with Gasteiger partial charge in [-0.05, 0) is 69.3 Å². The average Bonchev–Trinajstić information content (AvgIpc) is 3.11. The van der Waals surface area contributed by atoms with Gasteiger partial charge >= 0.3 is 5.97 Å². The Morgan fingerprint density at radius 3 is 2.29 bits per heavy atom. The number of sulfonamides is 1. The highest BCUT2D eigenvalue weighted by molar-refractivity contribution is 7.92. The fourth-order valence-corrected chi connectivity index (χ4v) is 5.34. The third-order valence-corrected chi connectivity index (χ3v) is 7.33. The van der Waals surface area contributed by atoms with E-state index in [1.165, 1.54) is 25.3 Å². The van der Waals surface area contributed by atoms with Crippen molar-refractivity contribution in [3.63, 3.8) is 0 Å². The van der Waals surface area contributed by atoms with Gasteiger partial charge in [0.15, 0.2) is 0 Å². The number of methoxy groups -OCH3 is 1. The van der Waals surface area contributed by atoms with Crippen molar-refractivity contribution in [1.82, 2.24) is 4.57 Å². The number of ether oxygens (including phenoxy) is 2. The number of rotatable bonds is 7. The van der Waals surface area contributed by atoms with Crippen LogP contribution in [-0.2, 0) is 14.8 Å². The van der Waals surface area contributed by atoms with E-state index in [0.717, 1.165) is 11.3 Å². The normalized spacial score (nSPS) is 11.5. The van der Waals surface area contributed by atoms with Crippen LogP contribution in [0.2, 0.25) is 5.02 Å². The third-order valence-electron chi connectivity index (χ3n) is 5.65. The van der Waals surface area contributed by atoms with Crippen LogP contribution < -0.4 is 9.46 Å². The van der Waals surface area contributed by atoms with Crippen molar-refractivity contribution in [3.8, 4) is 11.4 Å². The molecule has 35 heavy (non-hydrogen) atoms. The van der Waals surface area contributed by atoms with Gasteiger partial charge in [0.05, 0.1) is 40.4 Å². The summed E-state index contributed by atoms with van der Waals surface area (Å²) in [6.07, 6.45) is 0. The van der Waals surface area contributed by atoms with Gasteiger partial charge in [-0.2, -0.15) is 0 Å². The zero-order chi connectivity index (χ0) is 25.3. The summed E-state index contributed by atoms with van der Waals surface area (Å²) in [5.74, 6) is 0.0347. The van der Waals surface area contributed by atoms with Crippen LogP contribution in [0.15, 0.2) is 65.6 Å². The molecule has 4 rings (SSSR count). The van der Waals surface area contributed by atoms with Crippen LogP contribution in [0.4, 0.5) is 5.69 Å². The highest BCUT2D eigenvalue weighted by Crippen LogP contribution is 2.37.